The van der Waals surface area contributed by atoms with E-state index in [2.05, 4.69) is 20.3 Å². The highest BCUT2D eigenvalue weighted by Crippen LogP contribution is 2.12. The van der Waals surface area contributed by atoms with Crippen LogP contribution in [0.4, 0.5) is 0 Å². The maximum absolute atomic E-state index is 5.36. The Morgan fingerprint density at radius 1 is 1.00 bits per heavy atom. The lowest BCUT2D eigenvalue weighted by molar-refractivity contribution is 0.0461. The summed E-state index contributed by atoms with van der Waals surface area (Å²) in [6.07, 6.45) is 2.30. The highest BCUT2D eigenvalue weighted by molar-refractivity contribution is 4.78. The Morgan fingerprint density at radius 2 is 1.45 bits per heavy atom. The molecule has 11 heavy (non-hydrogen) atoms. The van der Waals surface area contributed by atoms with Crippen LogP contribution in [0.15, 0.2) is 0 Å². The van der Waals surface area contributed by atoms with Gasteiger partial charge in [-0.15, -0.1) is 0 Å². The van der Waals surface area contributed by atoms with Crippen molar-refractivity contribution >= 4 is 0 Å². The summed E-state index contributed by atoms with van der Waals surface area (Å²) in [6, 6.07) is 0. The number of rotatable bonds is 0. The molecule has 1 aliphatic heterocycles. The summed E-state index contributed by atoms with van der Waals surface area (Å²) < 4.78 is 10.7. The van der Waals surface area contributed by atoms with Crippen molar-refractivity contribution in [2.24, 2.45) is 11.8 Å². The zero-order valence-electron chi connectivity index (χ0n) is 7.38. The first-order valence-electron chi connectivity index (χ1n) is 4.29. The molecular weight excluding hydrogens is 140 g/mol. The van der Waals surface area contributed by atoms with Crippen molar-refractivity contribution in [3.8, 4) is 0 Å². The van der Waals surface area contributed by atoms with E-state index < -0.39 is 0 Å². The van der Waals surface area contributed by atoms with Gasteiger partial charge in [-0.25, -0.2) is 0 Å². The van der Waals surface area contributed by atoms with E-state index in [-0.39, 0.29) is 0 Å². The Kier molecular flexibility index (Phi) is 3.87. The van der Waals surface area contributed by atoms with Crippen molar-refractivity contribution in [1.29, 1.82) is 0 Å². The summed E-state index contributed by atoms with van der Waals surface area (Å²) in [4.78, 5) is 0. The summed E-state index contributed by atoms with van der Waals surface area (Å²) in [7, 11) is 0. The zero-order chi connectivity index (χ0) is 8.10. The molecule has 0 bridgehead atoms. The van der Waals surface area contributed by atoms with Gasteiger partial charge in [-0.1, -0.05) is 13.8 Å². The third-order valence-electron chi connectivity index (χ3n) is 1.79. The van der Waals surface area contributed by atoms with E-state index in [4.69, 9.17) is 9.47 Å². The summed E-state index contributed by atoms with van der Waals surface area (Å²) in [6.45, 7) is 7.53. The molecule has 0 spiro atoms. The molecule has 1 rings (SSSR count). The Morgan fingerprint density at radius 3 is 1.91 bits per heavy atom. The van der Waals surface area contributed by atoms with Crippen LogP contribution < -0.4 is 0 Å². The minimum atomic E-state index is 0.562. The topological polar surface area (TPSA) is 18.5 Å². The van der Waals surface area contributed by atoms with Gasteiger partial charge >= 0.3 is 0 Å². The van der Waals surface area contributed by atoms with Crippen LogP contribution in [-0.4, -0.2) is 26.4 Å². The first-order valence-corrected chi connectivity index (χ1v) is 4.29. The number of hydrogen-bond donors (Lipinski definition) is 0. The third kappa shape index (κ3) is 3.73. The minimum Gasteiger partial charge on any atom is -0.379 e. The van der Waals surface area contributed by atoms with Gasteiger partial charge in [0.15, 0.2) is 0 Å². The smallest absolute Gasteiger partial charge is 0.0700 e. The molecule has 1 heterocycles. The van der Waals surface area contributed by atoms with Gasteiger partial charge in [0, 0.05) is 13.2 Å². The fourth-order valence-corrected chi connectivity index (χ4v) is 1.33. The molecule has 0 aromatic rings. The van der Waals surface area contributed by atoms with Gasteiger partial charge in [0.2, 0.25) is 0 Å². The second kappa shape index (κ2) is 4.73. The van der Waals surface area contributed by atoms with E-state index in [0.29, 0.717) is 11.8 Å². The highest BCUT2D eigenvalue weighted by Gasteiger charge is 2.11. The Labute approximate surface area is 68.9 Å². The molecule has 2 atom stereocenters. The Balaban J connectivity index is 2.27. The van der Waals surface area contributed by atoms with Crippen LogP contribution in [0.5, 0.6) is 0 Å². The van der Waals surface area contributed by atoms with Gasteiger partial charge < -0.3 is 9.47 Å². The molecule has 0 aromatic carbocycles. The second-order valence-corrected chi connectivity index (χ2v) is 3.30. The molecule has 0 aromatic heterocycles. The maximum Gasteiger partial charge on any atom is 0.0700 e. The van der Waals surface area contributed by atoms with E-state index in [1.165, 1.54) is 0 Å². The molecule has 0 amide bonds. The molecule has 1 aliphatic rings. The molecule has 65 valence electrons. The first-order chi connectivity index (χ1) is 5.29. The fraction of sp³-hybridized carbons (Fsp3) is 0.889. The third-order valence-corrected chi connectivity index (χ3v) is 1.79. The normalized spacial score (nSPS) is 35.5. The largest absolute Gasteiger partial charge is 0.379 e. The van der Waals surface area contributed by atoms with Crippen molar-refractivity contribution in [3.05, 3.63) is 6.42 Å². The first kappa shape index (κ1) is 9.01. The summed E-state index contributed by atoms with van der Waals surface area (Å²) in [5, 5.41) is 0. The number of hydrogen-bond acceptors (Lipinski definition) is 2. The van der Waals surface area contributed by atoms with Crippen molar-refractivity contribution in [2.75, 3.05) is 26.4 Å². The van der Waals surface area contributed by atoms with Gasteiger partial charge in [0.25, 0.3) is 0 Å². The number of ether oxygens (including phenoxy) is 2. The molecule has 0 aliphatic carbocycles. The second-order valence-electron chi connectivity index (χ2n) is 3.30. The van der Waals surface area contributed by atoms with Crippen LogP contribution in [-0.2, 0) is 9.47 Å². The predicted molar refractivity (Wildman–Crippen MR) is 44.3 cm³/mol. The predicted octanol–water partition coefficient (Wildman–Crippen LogP) is 1.51. The highest BCUT2D eigenvalue weighted by atomic mass is 16.5. The molecule has 2 nitrogen and oxygen atoms in total. The van der Waals surface area contributed by atoms with Crippen molar-refractivity contribution < 1.29 is 9.47 Å². The van der Waals surface area contributed by atoms with Gasteiger partial charge in [0.05, 0.1) is 13.2 Å². The van der Waals surface area contributed by atoms with E-state index >= 15 is 0 Å². The lowest BCUT2D eigenvalue weighted by Gasteiger charge is -2.13. The van der Waals surface area contributed by atoms with Gasteiger partial charge in [-0.2, -0.15) is 0 Å². The standard InChI is InChI=1S/C9H17O2/c1-8-5-9(2)7-11-4-3-10-6-8/h5,8-9H,3-4,6-7H2,1-2H3. The molecule has 1 saturated heterocycles. The molecule has 0 saturated carbocycles. The van der Waals surface area contributed by atoms with E-state index in [1.807, 2.05) is 0 Å². The molecule has 1 fully saturated rings. The molecule has 0 N–H and O–H groups in total. The van der Waals surface area contributed by atoms with Crippen LogP contribution in [0.3, 0.4) is 0 Å². The Bertz CT molecular complexity index is 91.7. The van der Waals surface area contributed by atoms with E-state index in [0.717, 1.165) is 26.4 Å². The summed E-state index contributed by atoms with van der Waals surface area (Å²) in [5.74, 6) is 1.12. The average molecular weight is 157 g/mol. The van der Waals surface area contributed by atoms with Gasteiger partial charge in [0.1, 0.15) is 0 Å². The minimum absolute atomic E-state index is 0.562. The fourth-order valence-electron chi connectivity index (χ4n) is 1.33. The van der Waals surface area contributed by atoms with E-state index in [9.17, 15) is 0 Å². The van der Waals surface area contributed by atoms with Crippen LogP contribution in [0.2, 0.25) is 0 Å². The molecular formula is C9H17O2. The zero-order valence-corrected chi connectivity index (χ0v) is 7.38. The SMILES string of the molecule is CC1[CH]C(C)COCCOC1. The van der Waals surface area contributed by atoms with Crippen molar-refractivity contribution in [3.63, 3.8) is 0 Å². The molecule has 2 unspecified atom stereocenters. The summed E-state index contributed by atoms with van der Waals surface area (Å²) in [5.41, 5.74) is 0. The van der Waals surface area contributed by atoms with E-state index in [1.54, 1.807) is 0 Å². The quantitative estimate of drug-likeness (QED) is 0.530. The maximum atomic E-state index is 5.36. The van der Waals surface area contributed by atoms with Crippen LogP contribution >= 0.6 is 0 Å². The lowest BCUT2D eigenvalue weighted by Crippen LogP contribution is -2.11. The van der Waals surface area contributed by atoms with Crippen LogP contribution in [0, 0.1) is 18.3 Å². The van der Waals surface area contributed by atoms with Gasteiger partial charge in [-0.3, -0.25) is 0 Å². The molecule has 1 radical (unpaired) electrons. The Hall–Kier alpha value is -0.0800. The summed E-state index contributed by atoms with van der Waals surface area (Å²) >= 11 is 0. The molecule has 2 heteroatoms. The lowest BCUT2D eigenvalue weighted by atomic mass is 9.99. The van der Waals surface area contributed by atoms with Crippen LogP contribution in [0.25, 0.3) is 0 Å². The van der Waals surface area contributed by atoms with Gasteiger partial charge in [-0.05, 0) is 18.3 Å². The average Bonchev–Trinajstić information content (AvgIpc) is 2.02. The van der Waals surface area contributed by atoms with Crippen LogP contribution in [0.1, 0.15) is 13.8 Å². The van der Waals surface area contributed by atoms with Crippen molar-refractivity contribution in [2.45, 2.75) is 13.8 Å². The monoisotopic (exact) mass is 157 g/mol. The van der Waals surface area contributed by atoms with Crippen molar-refractivity contribution in [1.82, 2.24) is 0 Å².